The third-order valence-electron chi connectivity index (χ3n) is 3.45. The van der Waals surface area contributed by atoms with Crippen LogP contribution in [0, 0.1) is 26.6 Å². The minimum atomic E-state index is -0.487. The highest BCUT2D eigenvalue weighted by Gasteiger charge is 2.13. The van der Waals surface area contributed by atoms with Gasteiger partial charge in [0, 0.05) is 12.1 Å². The van der Waals surface area contributed by atoms with Crippen molar-refractivity contribution in [3.05, 3.63) is 46.8 Å². The Labute approximate surface area is 124 Å². The molecule has 2 N–H and O–H groups in total. The molecule has 0 atom stereocenters. The average molecular weight is 289 g/mol. The van der Waals surface area contributed by atoms with E-state index in [2.05, 4.69) is 0 Å². The number of nitrogen functional groups attached to an aromatic ring is 1. The van der Waals surface area contributed by atoms with E-state index in [0.29, 0.717) is 12.4 Å². The molecule has 4 heteroatoms. The molecule has 2 aromatic carbocycles. The van der Waals surface area contributed by atoms with E-state index in [1.165, 1.54) is 12.1 Å². The van der Waals surface area contributed by atoms with E-state index >= 15 is 0 Å². The molecule has 0 aromatic heterocycles. The maximum absolute atomic E-state index is 13.7. The standard InChI is InChI=1S/C17H20FNO2/c1-5-20-15-9-16(14(19)8-13(15)18)21-17-11(3)7-6-10(2)12(17)4/h6-9H,5,19H2,1-4H3. The fourth-order valence-corrected chi connectivity index (χ4v) is 2.10. The summed E-state index contributed by atoms with van der Waals surface area (Å²) in [5.74, 6) is 0.802. The predicted molar refractivity (Wildman–Crippen MR) is 82.7 cm³/mol. The lowest BCUT2D eigenvalue weighted by Crippen LogP contribution is -2.00. The van der Waals surface area contributed by atoms with Crippen molar-refractivity contribution in [1.29, 1.82) is 0 Å². The number of aryl methyl sites for hydroxylation is 2. The molecule has 3 nitrogen and oxygen atoms in total. The van der Waals surface area contributed by atoms with Crippen LogP contribution in [0.3, 0.4) is 0 Å². The second-order valence-electron chi connectivity index (χ2n) is 5.01. The van der Waals surface area contributed by atoms with Crippen LogP contribution < -0.4 is 15.2 Å². The number of hydrogen-bond donors (Lipinski definition) is 1. The zero-order chi connectivity index (χ0) is 15.6. The van der Waals surface area contributed by atoms with Gasteiger partial charge in [-0.1, -0.05) is 12.1 Å². The first-order valence-electron chi connectivity index (χ1n) is 6.90. The van der Waals surface area contributed by atoms with Crippen LogP contribution in [0.25, 0.3) is 0 Å². The zero-order valence-electron chi connectivity index (χ0n) is 12.8. The molecule has 0 aliphatic carbocycles. The van der Waals surface area contributed by atoms with Gasteiger partial charge in [-0.15, -0.1) is 0 Å². The highest BCUT2D eigenvalue weighted by molar-refractivity contribution is 5.59. The summed E-state index contributed by atoms with van der Waals surface area (Å²) in [5, 5.41) is 0. The Morgan fingerprint density at radius 1 is 1.05 bits per heavy atom. The normalized spacial score (nSPS) is 10.5. The minimum Gasteiger partial charge on any atom is -0.491 e. The van der Waals surface area contributed by atoms with Gasteiger partial charge in [0.05, 0.1) is 12.3 Å². The lowest BCUT2D eigenvalue weighted by atomic mass is 10.1. The van der Waals surface area contributed by atoms with Gasteiger partial charge in [0.1, 0.15) is 5.75 Å². The highest BCUT2D eigenvalue weighted by atomic mass is 19.1. The summed E-state index contributed by atoms with van der Waals surface area (Å²) in [6.07, 6.45) is 0. The second kappa shape index (κ2) is 6.04. The van der Waals surface area contributed by atoms with Gasteiger partial charge in [-0.2, -0.15) is 0 Å². The first kappa shape index (κ1) is 15.2. The van der Waals surface area contributed by atoms with Crippen molar-refractivity contribution < 1.29 is 13.9 Å². The van der Waals surface area contributed by atoms with Crippen LogP contribution in [0.1, 0.15) is 23.6 Å². The van der Waals surface area contributed by atoms with Crippen LogP contribution in [0.15, 0.2) is 24.3 Å². The molecule has 0 amide bonds. The molecule has 112 valence electrons. The van der Waals surface area contributed by atoms with Crippen molar-refractivity contribution in [3.63, 3.8) is 0 Å². The summed E-state index contributed by atoms with van der Waals surface area (Å²) in [7, 11) is 0. The molecule has 2 aromatic rings. The van der Waals surface area contributed by atoms with Gasteiger partial charge in [-0.25, -0.2) is 4.39 Å². The van der Waals surface area contributed by atoms with Crippen molar-refractivity contribution in [2.45, 2.75) is 27.7 Å². The Kier molecular flexibility index (Phi) is 4.36. The first-order chi connectivity index (χ1) is 9.93. The lowest BCUT2D eigenvalue weighted by molar-refractivity contribution is 0.319. The maximum atomic E-state index is 13.7. The Bertz CT molecular complexity index is 668. The van der Waals surface area contributed by atoms with Crippen molar-refractivity contribution in [3.8, 4) is 17.2 Å². The monoisotopic (exact) mass is 289 g/mol. The zero-order valence-corrected chi connectivity index (χ0v) is 12.8. The van der Waals surface area contributed by atoms with Crippen LogP contribution >= 0.6 is 0 Å². The Balaban J connectivity index is 2.44. The van der Waals surface area contributed by atoms with E-state index in [-0.39, 0.29) is 11.4 Å². The second-order valence-corrected chi connectivity index (χ2v) is 5.01. The van der Waals surface area contributed by atoms with Gasteiger partial charge < -0.3 is 15.2 Å². The Morgan fingerprint density at radius 2 is 1.71 bits per heavy atom. The van der Waals surface area contributed by atoms with Crippen LogP contribution in [0.5, 0.6) is 17.2 Å². The summed E-state index contributed by atoms with van der Waals surface area (Å²) in [6, 6.07) is 6.74. The smallest absolute Gasteiger partial charge is 0.167 e. The number of nitrogens with two attached hydrogens (primary N) is 1. The summed E-state index contributed by atoms with van der Waals surface area (Å²) in [4.78, 5) is 0. The molecule has 2 rings (SSSR count). The molecule has 0 unspecified atom stereocenters. The first-order valence-corrected chi connectivity index (χ1v) is 6.90. The van der Waals surface area contributed by atoms with Crippen LogP contribution in [0.4, 0.5) is 10.1 Å². The van der Waals surface area contributed by atoms with Crippen molar-refractivity contribution >= 4 is 5.69 Å². The van der Waals surface area contributed by atoms with E-state index in [1.54, 1.807) is 6.92 Å². The molecule has 0 fully saturated rings. The molecule has 0 aliphatic heterocycles. The number of halogens is 1. The average Bonchev–Trinajstić information content (AvgIpc) is 2.44. The molecule has 0 heterocycles. The number of anilines is 1. The summed E-state index contributed by atoms with van der Waals surface area (Å²) < 4.78 is 24.9. The predicted octanol–water partition coefficient (Wildman–Crippen LogP) is 4.52. The van der Waals surface area contributed by atoms with Crippen molar-refractivity contribution in [2.75, 3.05) is 12.3 Å². The van der Waals surface area contributed by atoms with E-state index in [4.69, 9.17) is 15.2 Å². The van der Waals surface area contributed by atoms with Gasteiger partial charge in [0.25, 0.3) is 0 Å². The Morgan fingerprint density at radius 3 is 2.38 bits per heavy atom. The highest BCUT2D eigenvalue weighted by Crippen LogP contribution is 2.36. The number of benzene rings is 2. The van der Waals surface area contributed by atoms with E-state index < -0.39 is 5.82 Å². The third kappa shape index (κ3) is 3.10. The molecule has 0 saturated heterocycles. The van der Waals surface area contributed by atoms with Crippen LogP contribution in [0.2, 0.25) is 0 Å². The van der Waals surface area contributed by atoms with Gasteiger partial charge in [-0.05, 0) is 44.4 Å². The largest absolute Gasteiger partial charge is 0.491 e. The topological polar surface area (TPSA) is 44.5 Å². The van der Waals surface area contributed by atoms with E-state index in [1.807, 2.05) is 32.9 Å². The Hall–Kier alpha value is -2.23. The van der Waals surface area contributed by atoms with Gasteiger partial charge in [-0.3, -0.25) is 0 Å². The van der Waals surface area contributed by atoms with E-state index in [9.17, 15) is 4.39 Å². The fourth-order valence-electron chi connectivity index (χ4n) is 2.10. The summed E-state index contributed by atoms with van der Waals surface area (Å²) in [5.41, 5.74) is 9.26. The van der Waals surface area contributed by atoms with Gasteiger partial charge in [0.15, 0.2) is 17.3 Å². The molecule has 0 bridgehead atoms. The quantitative estimate of drug-likeness (QED) is 0.841. The number of hydrogen-bond acceptors (Lipinski definition) is 3. The maximum Gasteiger partial charge on any atom is 0.167 e. The van der Waals surface area contributed by atoms with Gasteiger partial charge >= 0.3 is 0 Å². The third-order valence-corrected chi connectivity index (χ3v) is 3.45. The molecular weight excluding hydrogens is 269 g/mol. The molecule has 21 heavy (non-hydrogen) atoms. The molecule has 0 aliphatic rings. The lowest BCUT2D eigenvalue weighted by Gasteiger charge is -2.16. The SMILES string of the molecule is CCOc1cc(Oc2c(C)ccc(C)c2C)c(N)cc1F. The van der Waals surface area contributed by atoms with E-state index in [0.717, 1.165) is 22.4 Å². The molecule has 0 saturated carbocycles. The van der Waals surface area contributed by atoms with Crippen LogP contribution in [-0.2, 0) is 0 Å². The fraction of sp³-hybridized carbons (Fsp3) is 0.294. The van der Waals surface area contributed by atoms with Gasteiger partial charge in [0.2, 0.25) is 0 Å². The van der Waals surface area contributed by atoms with Crippen LogP contribution in [-0.4, -0.2) is 6.61 Å². The molecule has 0 spiro atoms. The van der Waals surface area contributed by atoms with Crippen molar-refractivity contribution in [1.82, 2.24) is 0 Å². The summed E-state index contributed by atoms with van der Waals surface area (Å²) in [6.45, 7) is 8.14. The molecule has 0 radical (unpaired) electrons. The minimum absolute atomic E-state index is 0.143. The number of rotatable bonds is 4. The van der Waals surface area contributed by atoms with Crippen molar-refractivity contribution in [2.24, 2.45) is 0 Å². The summed E-state index contributed by atoms with van der Waals surface area (Å²) >= 11 is 0. The molecular formula is C17H20FNO2. The number of ether oxygens (including phenoxy) is 2.